The van der Waals surface area contributed by atoms with Crippen LogP contribution in [-0.2, 0) is 39.7 Å². The van der Waals surface area contributed by atoms with Gasteiger partial charge < -0.3 is 33.5 Å². The van der Waals surface area contributed by atoms with Crippen LogP contribution < -0.4 is 4.74 Å². The average Bonchev–Trinajstić information content (AvgIpc) is 2.85. The number of nitro benzene ring substituents is 1. The zero-order valence-corrected chi connectivity index (χ0v) is 22.0. The second-order valence-electron chi connectivity index (χ2n) is 8.74. The molecule has 1 saturated heterocycles. The van der Waals surface area contributed by atoms with E-state index in [2.05, 4.69) is 0 Å². The number of hydrogen-bond acceptors (Lipinski definition) is 10. The molecule has 1 aliphatic rings. The number of halogens is 2. The highest BCUT2D eigenvalue weighted by Gasteiger charge is 2.58. The highest BCUT2D eigenvalue weighted by Crippen LogP contribution is 2.56. The lowest BCUT2D eigenvalue weighted by molar-refractivity contribution is -0.384. The van der Waals surface area contributed by atoms with Crippen LogP contribution in [0.5, 0.6) is 5.75 Å². The minimum Gasteiger partial charge on any atom is -0.462 e. The van der Waals surface area contributed by atoms with Crippen LogP contribution in [0.3, 0.4) is 0 Å². The Labute approximate surface area is 226 Å². The zero-order valence-electron chi connectivity index (χ0n) is 21.1. The maximum Gasteiger partial charge on any atom is 0.394 e. The van der Waals surface area contributed by atoms with Crippen LogP contribution in [0.25, 0.3) is 0 Å². The van der Waals surface area contributed by atoms with Gasteiger partial charge in [-0.2, -0.15) is 8.78 Å². The van der Waals surface area contributed by atoms with Gasteiger partial charge in [0.15, 0.2) is 18.3 Å². The van der Waals surface area contributed by atoms with E-state index in [9.17, 15) is 42.8 Å². The van der Waals surface area contributed by atoms with Gasteiger partial charge in [0, 0.05) is 26.0 Å². The van der Waals surface area contributed by atoms with E-state index >= 15 is 0 Å². The normalized spacial score (nSPS) is 23.2. The Kier molecular flexibility index (Phi) is 9.92. The molecule has 1 fully saturated rings. The van der Waals surface area contributed by atoms with Crippen molar-refractivity contribution in [1.82, 2.24) is 0 Å². The summed E-state index contributed by atoms with van der Waals surface area (Å²) >= 11 is 0. The summed E-state index contributed by atoms with van der Waals surface area (Å²) in [5.41, 5.74) is -4.27. The number of esters is 2. The molecule has 13 nitrogen and oxygen atoms in total. The number of alkyl halides is 2. The van der Waals surface area contributed by atoms with E-state index in [0.29, 0.717) is 5.56 Å². The molecule has 5 atom stereocenters. The van der Waals surface area contributed by atoms with Crippen molar-refractivity contribution >= 4 is 25.2 Å². The lowest BCUT2D eigenvalue weighted by Gasteiger charge is -2.45. The number of hydrogen-bond donors (Lipinski definition) is 2. The highest BCUT2D eigenvalue weighted by molar-refractivity contribution is 7.53. The Morgan fingerprint density at radius 2 is 1.57 bits per heavy atom. The quantitative estimate of drug-likeness (QED) is 0.169. The third kappa shape index (κ3) is 8.02. The number of carbonyl (C=O) groups excluding carboxylic acids is 2. The first-order chi connectivity index (χ1) is 18.7. The van der Waals surface area contributed by atoms with Gasteiger partial charge in [-0.25, -0.2) is 0 Å². The summed E-state index contributed by atoms with van der Waals surface area (Å²) in [4.78, 5) is 52.7. The van der Waals surface area contributed by atoms with E-state index in [1.165, 1.54) is 12.1 Å². The van der Waals surface area contributed by atoms with Gasteiger partial charge in [0.1, 0.15) is 11.9 Å². The number of nitro groups is 1. The fourth-order valence-corrected chi connectivity index (χ4v) is 4.30. The van der Waals surface area contributed by atoms with E-state index in [4.69, 9.17) is 23.7 Å². The molecule has 2 aromatic carbocycles. The fourth-order valence-electron chi connectivity index (χ4n) is 3.88. The van der Waals surface area contributed by atoms with Gasteiger partial charge in [0.05, 0.1) is 18.0 Å². The van der Waals surface area contributed by atoms with Gasteiger partial charge in [-0.05, 0) is 17.7 Å². The summed E-state index contributed by atoms with van der Waals surface area (Å²) in [6.45, 7) is 1.81. The molecule has 1 aliphatic heterocycles. The Bertz CT molecular complexity index is 1240. The fraction of sp³-hybridized carbons (Fsp3) is 0.417. The predicted octanol–water partition coefficient (Wildman–Crippen LogP) is 3.31. The highest BCUT2D eigenvalue weighted by atomic mass is 31.2. The van der Waals surface area contributed by atoms with Gasteiger partial charge in [0.2, 0.25) is 6.29 Å². The molecule has 0 amide bonds. The average molecular weight is 589 g/mol. The predicted molar refractivity (Wildman–Crippen MR) is 130 cm³/mol. The third-order valence-electron chi connectivity index (χ3n) is 5.65. The van der Waals surface area contributed by atoms with Crippen LogP contribution >= 0.6 is 7.60 Å². The van der Waals surface area contributed by atoms with Crippen molar-refractivity contribution in [2.45, 2.75) is 63.2 Å². The number of carbonyl (C=O) groups is 2. The van der Waals surface area contributed by atoms with Gasteiger partial charge in [-0.15, -0.1) is 0 Å². The second kappa shape index (κ2) is 12.8. The molecule has 0 spiro atoms. The van der Waals surface area contributed by atoms with Crippen molar-refractivity contribution in [1.29, 1.82) is 0 Å². The molecule has 16 heteroatoms. The summed E-state index contributed by atoms with van der Waals surface area (Å²) in [5.74, 6) is -1.96. The smallest absolute Gasteiger partial charge is 0.394 e. The Morgan fingerprint density at radius 3 is 2.10 bits per heavy atom. The summed E-state index contributed by atoms with van der Waals surface area (Å²) in [5, 5.41) is 11.0. The Hall–Kier alpha value is -3.49. The lowest BCUT2D eigenvalue weighted by Crippen LogP contribution is -2.63. The molecule has 2 aromatic rings. The number of rotatable bonds is 11. The molecule has 0 radical (unpaired) electrons. The van der Waals surface area contributed by atoms with Gasteiger partial charge in [-0.3, -0.25) is 24.3 Å². The van der Waals surface area contributed by atoms with E-state index in [0.717, 1.165) is 26.0 Å². The molecule has 0 aromatic heterocycles. The molecule has 0 saturated carbocycles. The van der Waals surface area contributed by atoms with Crippen LogP contribution in [0.4, 0.5) is 14.5 Å². The lowest BCUT2D eigenvalue weighted by atomic mass is 9.95. The maximum atomic E-state index is 14.5. The van der Waals surface area contributed by atoms with Crippen molar-refractivity contribution in [3.8, 4) is 5.75 Å². The van der Waals surface area contributed by atoms with Crippen molar-refractivity contribution in [2.24, 2.45) is 0 Å². The van der Waals surface area contributed by atoms with Crippen LogP contribution in [0.1, 0.15) is 25.8 Å². The molecule has 0 bridgehead atoms. The zero-order chi connectivity index (χ0) is 29.7. The van der Waals surface area contributed by atoms with Crippen LogP contribution in [0.15, 0.2) is 54.6 Å². The maximum absolute atomic E-state index is 14.5. The molecule has 3 rings (SSSR count). The Balaban J connectivity index is 2.04. The van der Waals surface area contributed by atoms with E-state index in [1.54, 1.807) is 30.3 Å². The van der Waals surface area contributed by atoms with E-state index in [1.807, 2.05) is 0 Å². The number of nitrogens with zero attached hydrogens (tertiary/aromatic N) is 1. The number of benzene rings is 2. The molecule has 218 valence electrons. The molecule has 0 unspecified atom stereocenters. The summed E-state index contributed by atoms with van der Waals surface area (Å²) in [6.07, 6.45) is -10.2. The first kappa shape index (κ1) is 31.0. The van der Waals surface area contributed by atoms with Crippen LogP contribution in [-0.4, -0.2) is 63.0 Å². The number of ether oxygens (including phenoxy) is 5. The third-order valence-corrected chi connectivity index (χ3v) is 6.69. The van der Waals surface area contributed by atoms with Crippen molar-refractivity contribution < 1.29 is 61.3 Å². The molecular weight excluding hydrogens is 563 g/mol. The van der Waals surface area contributed by atoms with Gasteiger partial charge >= 0.3 is 25.2 Å². The molecule has 40 heavy (non-hydrogen) atoms. The Morgan fingerprint density at radius 1 is 1.00 bits per heavy atom. The van der Waals surface area contributed by atoms with Crippen LogP contribution in [0.2, 0.25) is 0 Å². The minimum atomic E-state index is -6.01. The van der Waals surface area contributed by atoms with E-state index in [-0.39, 0.29) is 18.0 Å². The first-order valence-corrected chi connectivity index (χ1v) is 13.3. The molecular formula is C24H26F2NO12P. The summed E-state index contributed by atoms with van der Waals surface area (Å²) in [7, 11) is -6.01. The van der Waals surface area contributed by atoms with Crippen molar-refractivity contribution in [3.05, 3.63) is 70.3 Å². The monoisotopic (exact) mass is 589 g/mol. The summed E-state index contributed by atoms with van der Waals surface area (Å²) < 4.78 is 68.3. The van der Waals surface area contributed by atoms with Crippen molar-refractivity contribution in [2.75, 3.05) is 0 Å². The second-order valence-corrected chi connectivity index (χ2v) is 10.5. The largest absolute Gasteiger partial charge is 0.462 e. The van der Waals surface area contributed by atoms with E-state index < -0.39 is 67.2 Å². The molecule has 2 N–H and O–H groups in total. The van der Waals surface area contributed by atoms with Crippen LogP contribution in [0, 0.1) is 10.1 Å². The molecule has 1 heterocycles. The van der Waals surface area contributed by atoms with Gasteiger partial charge in [0.25, 0.3) is 5.69 Å². The van der Waals surface area contributed by atoms with Gasteiger partial charge in [-0.1, -0.05) is 30.3 Å². The number of non-ortho nitro benzene ring substituents is 1. The summed E-state index contributed by atoms with van der Waals surface area (Å²) in [6, 6.07) is 13.1. The molecule has 0 aliphatic carbocycles. The topological polar surface area (TPSA) is 181 Å². The standard InChI is InChI=1S/C24H26F2NO12P/c1-14(28)36-20-19(12-24(25,26)40(32,33)34)39-23(38-18-10-8-17(9-11-18)27(30)31)22(21(20)37-15(2)29)35-13-16-6-4-3-5-7-16/h3-11,19-23H,12-13H2,1-2H3,(H2,32,33,34)/t19-,20-,21+,22+,23+/m1/s1. The minimum absolute atomic E-state index is 0.0445. The van der Waals surface area contributed by atoms with Crippen molar-refractivity contribution in [3.63, 3.8) is 0 Å². The first-order valence-electron chi connectivity index (χ1n) is 11.7. The SMILES string of the molecule is CC(=O)O[C@@H]1[C@H](OCc2ccccc2)[C@@H](Oc2ccc([N+](=O)[O-])cc2)O[C@H](CC(F)(F)P(=O)(O)O)[C@H]1OC(C)=O.